The van der Waals surface area contributed by atoms with Crippen LogP contribution in [0.2, 0.25) is 5.02 Å². The fourth-order valence-electron chi connectivity index (χ4n) is 3.14. The third kappa shape index (κ3) is 4.64. The molecular weight excluding hydrogens is 352 g/mol. The zero-order valence-electron chi connectivity index (χ0n) is 15.0. The molecule has 1 aliphatic carbocycles. The zero-order chi connectivity index (χ0) is 18.5. The first-order chi connectivity index (χ1) is 12.5. The number of methoxy groups -OCH3 is 1. The Hall–Kier alpha value is -2.34. The Kier molecular flexibility index (Phi) is 5.93. The van der Waals surface area contributed by atoms with E-state index in [2.05, 4.69) is 20.6 Å². The van der Waals surface area contributed by atoms with Crippen LogP contribution in [0, 0.1) is 6.92 Å². The summed E-state index contributed by atoms with van der Waals surface area (Å²) in [6.07, 6.45) is 6.14. The Morgan fingerprint density at radius 1 is 1.19 bits per heavy atom. The van der Waals surface area contributed by atoms with Crippen molar-refractivity contribution in [2.75, 3.05) is 17.7 Å². The van der Waals surface area contributed by atoms with Gasteiger partial charge < -0.3 is 15.4 Å². The van der Waals surface area contributed by atoms with Crippen molar-refractivity contribution in [3.05, 3.63) is 40.5 Å². The highest BCUT2D eigenvalue weighted by molar-refractivity contribution is 6.33. The first-order valence-electron chi connectivity index (χ1n) is 8.82. The number of benzene rings is 1. The molecule has 1 fully saturated rings. The minimum absolute atomic E-state index is 0.410. The minimum Gasteiger partial charge on any atom is -0.465 e. The lowest BCUT2D eigenvalue weighted by Gasteiger charge is -2.23. The summed E-state index contributed by atoms with van der Waals surface area (Å²) in [6.45, 7) is 1.92. The van der Waals surface area contributed by atoms with Crippen LogP contribution in [0.1, 0.15) is 48.2 Å². The SMILES string of the molecule is COC(=O)c1ccc(Cl)c(Nc2nc(C)cc(NC3CCCCC3)n2)c1. The standard InChI is InChI=1S/C19H23ClN4O2/c1-12-10-17(22-14-6-4-3-5-7-14)24-19(21-12)23-16-11-13(18(25)26-2)8-9-15(16)20/h8-11,14H,3-7H2,1-2H3,(H2,21,22,23,24). The number of nitrogens with one attached hydrogen (secondary N) is 2. The van der Waals surface area contributed by atoms with Crippen molar-refractivity contribution in [1.82, 2.24) is 9.97 Å². The van der Waals surface area contributed by atoms with Crippen LogP contribution in [0.15, 0.2) is 24.3 Å². The molecule has 0 spiro atoms. The molecule has 0 bridgehead atoms. The van der Waals surface area contributed by atoms with Crippen LogP contribution in [0.3, 0.4) is 0 Å². The number of aryl methyl sites for hydroxylation is 1. The van der Waals surface area contributed by atoms with Gasteiger partial charge in [-0.15, -0.1) is 0 Å². The third-order valence-electron chi connectivity index (χ3n) is 4.45. The second kappa shape index (κ2) is 8.36. The Balaban J connectivity index is 1.80. The van der Waals surface area contributed by atoms with Crippen LogP contribution in [0.25, 0.3) is 0 Å². The van der Waals surface area contributed by atoms with Gasteiger partial charge in [-0.2, -0.15) is 4.98 Å². The Bertz CT molecular complexity index is 791. The molecule has 26 heavy (non-hydrogen) atoms. The lowest BCUT2D eigenvalue weighted by molar-refractivity contribution is 0.0601. The molecule has 2 N–H and O–H groups in total. The minimum atomic E-state index is -0.422. The summed E-state index contributed by atoms with van der Waals surface area (Å²) in [4.78, 5) is 20.7. The van der Waals surface area contributed by atoms with Crippen molar-refractivity contribution in [2.45, 2.75) is 45.1 Å². The van der Waals surface area contributed by atoms with Gasteiger partial charge in [-0.25, -0.2) is 9.78 Å². The average Bonchev–Trinajstić information content (AvgIpc) is 2.63. The highest BCUT2D eigenvalue weighted by Crippen LogP contribution is 2.27. The number of anilines is 3. The molecule has 0 radical (unpaired) electrons. The summed E-state index contributed by atoms with van der Waals surface area (Å²) in [5.41, 5.74) is 1.82. The number of carbonyl (C=O) groups excluding carboxylic acids is 1. The van der Waals surface area contributed by atoms with Crippen LogP contribution in [-0.4, -0.2) is 29.1 Å². The summed E-state index contributed by atoms with van der Waals surface area (Å²) >= 11 is 6.24. The van der Waals surface area contributed by atoms with Gasteiger partial charge in [0.15, 0.2) is 0 Å². The largest absolute Gasteiger partial charge is 0.465 e. The highest BCUT2D eigenvalue weighted by Gasteiger charge is 2.15. The maximum Gasteiger partial charge on any atom is 0.337 e. The van der Waals surface area contributed by atoms with E-state index in [1.807, 2.05) is 13.0 Å². The first kappa shape index (κ1) is 18.5. The summed E-state index contributed by atoms with van der Waals surface area (Å²) in [6, 6.07) is 7.29. The molecular formula is C19H23ClN4O2. The molecule has 0 atom stereocenters. The second-order valence-electron chi connectivity index (χ2n) is 6.51. The maximum absolute atomic E-state index is 11.7. The predicted molar refractivity (Wildman–Crippen MR) is 103 cm³/mol. The van der Waals surface area contributed by atoms with Crippen molar-refractivity contribution in [1.29, 1.82) is 0 Å². The van der Waals surface area contributed by atoms with Crippen LogP contribution >= 0.6 is 11.6 Å². The van der Waals surface area contributed by atoms with Crippen LogP contribution in [0.5, 0.6) is 0 Å². The van der Waals surface area contributed by atoms with Gasteiger partial charge in [0.2, 0.25) is 5.95 Å². The molecule has 3 rings (SSSR count). The van der Waals surface area contributed by atoms with Gasteiger partial charge in [0.25, 0.3) is 0 Å². The van der Waals surface area contributed by atoms with Gasteiger partial charge in [-0.05, 0) is 38.0 Å². The molecule has 2 aromatic rings. The van der Waals surface area contributed by atoms with E-state index in [-0.39, 0.29) is 0 Å². The molecule has 1 heterocycles. The number of nitrogens with zero attached hydrogens (tertiary/aromatic N) is 2. The van der Waals surface area contributed by atoms with Crippen molar-refractivity contribution in [3.63, 3.8) is 0 Å². The van der Waals surface area contributed by atoms with Crippen molar-refractivity contribution < 1.29 is 9.53 Å². The molecule has 1 aliphatic rings. The monoisotopic (exact) mass is 374 g/mol. The van der Waals surface area contributed by atoms with Crippen molar-refractivity contribution in [2.24, 2.45) is 0 Å². The number of aromatic nitrogens is 2. The molecule has 0 unspecified atom stereocenters. The lowest BCUT2D eigenvalue weighted by atomic mass is 9.95. The Morgan fingerprint density at radius 2 is 1.96 bits per heavy atom. The Morgan fingerprint density at radius 3 is 2.69 bits per heavy atom. The number of halogens is 1. The van der Waals surface area contributed by atoms with Crippen molar-refractivity contribution in [3.8, 4) is 0 Å². The normalized spacial score (nSPS) is 14.7. The number of hydrogen-bond acceptors (Lipinski definition) is 6. The molecule has 0 aliphatic heterocycles. The molecule has 0 amide bonds. The van der Waals surface area contributed by atoms with Gasteiger partial charge in [-0.3, -0.25) is 0 Å². The van der Waals surface area contributed by atoms with E-state index in [9.17, 15) is 4.79 Å². The summed E-state index contributed by atoms with van der Waals surface area (Å²) in [5.74, 6) is 0.814. The third-order valence-corrected chi connectivity index (χ3v) is 4.77. The van der Waals surface area contributed by atoms with Gasteiger partial charge >= 0.3 is 5.97 Å². The molecule has 0 saturated heterocycles. The number of rotatable bonds is 5. The van der Waals surface area contributed by atoms with Gasteiger partial charge in [0.05, 0.1) is 23.4 Å². The van der Waals surface area contributed by atoms with E-state index in [1.54, 1.807) is 18.2 Å². The highest BCUT2D eigenvalue weighted by atomic mass is 35.5. The van der Waals surface area contributed by atoms with E-state index in [0.717, 1.165) is 11.5 Å². The first-order valence-corrected chi connectivity index (χ1v) is 9.20. The summed E-state index contributed by atoms with van der Waals surface area (Å²) in [7, 11) is 1.34. The second-order valence-corrected chi connectivity index (χ2v) is 6.92. The topological polar surface area (TPSA) is 76.1 Å². The molecule has 1 saturated carbocycles. The number of ether oxygens (including phenoxy) is 1. The van der Waals surface area contributed by atoms with E-state index >= 15 is 0 Å². The van der Waals surface area contributed by atoms with Crippen molar-refractivity contribution >= 4 is 35.0 Å². The Labute approximate surface area is 158 Å². The van der Waals surface area contributed by atoms with Gasteiger partial charge in [0, 0.05) is 17.8 Å². The number of carbonyl (C=O) groups is 1. The maximum atomic E-state index is 11.7. The van der Waals surface area contributed by atoms with Crippen LogP contribution < -0.4 is 10.6 Å². The zero-order valence-corrected chi connectivity index (χ0v) is 15.8. The van der Waals surface area contributed by atoms with E-state index in [4.69, 9.17) is 16.3 Å². The fraction of sp³-hybridized carbons (Fsp3) is 0.421. The molecule has 1 aromatic heterocycles. The fourth-order valence-corrected chi connectivity index (χ4v) is 3.31. The molecule has 6 nitrogen and oxygen atoms in total. The van der Waals surface area contributed by atoms with E-state index in [1.165, 1.54) is 39.2 Å². The number of hydrogen-bond donors (Lipinski definition) is 2. The quantitative estimate of drug-likeness (QED) is 0.738. The molecule has 1 aromatic carbocycles. The van der Waals surface area contributed by atoms with E-state index in [0.29, 0.717) is 28.3 Å². The predicted octanol–water partition coefficient (Wildman–Crippen LogP) is 4.71. The van der Waals surface area contributed by atoms with Crippen LogP contribution in [-0.2, 0) is 4.74 Å². The van der Waals surface area contributed by atoms with E-state index < -0.39 is 5.97 Å². The van der Waals surface area contributed by atoms with Crippen LogP contribution in [0.4, 0.5) is 17.5 Å². The van der Waals surface area contributed by atoms with Gasteiger partial charge in [0.1, 0.15) is 5.82 Å². The molecule has 7 heteroatoms. The molecule has 138 valence electrons. The average molecular weight is 375 g/mol. The lowest BCUT2D eigenvalue weighted by Crippen LogP contribution is -2.23. The smallest absolute Gasteiger partial charge is 0.337 e. The summed E-state index contributed by atoms with van der Waals surface area (Å²) in [5, 5.41) is 7.09. The van der Waals surface area contributed by atoms with Gasteiger partial charge in [-0.1, -0.05) is 30.9 Å². The summed E-state index contributed by atoms with van der Waals surface area (Å²) < 4.78 is 4.75. The number of esters is 1.